The first-order valence-electron chi connectivity index (χ1n) is 7.39. The summed E-state index contributed by atoms with van der Waals surface area (Å²) in [6.07, 6.45) is 2.47. The van der Waals surface area contributed by atoms with E-state index < -0.39 is 8.24 Å². The molecule has 0 heterocycles. The second kappa shape index (κ2) is 9.20. The van der Waals surface area contributed by atoms with Crippen molar-refractivity contribution in [3.63, 3.8) is 0 Å². The summed E-state index contributed by atoms with van der Waals surface area (Å²) in [6.45, 7) is 11.7. The molecule has 0 spiro atoms. The molecular formula is C17H30Cl2N2SiZr. The van der Waals surface area contributed by atoms with Crippen molar-refractivity contribution in [1.29, 1.82) is 0 Å². The van der Waals surface area contributed by atoms with E-state index in [4.69, 9.17) is 0 Å². The smallest absolute Gasteiger partial charge is 0.131 e. The summed E-state index contributed by atoms with van der Waals surface area (Å²) in [5.41, 5.74) is 4.96. The minimum Gasteiger partial charge on any atom is -0.377 e. The van der Waals surface area contributed by atoms with Crippen molar-refractivity contribution < 1.29 is 26.2 Å². The maximum atomic E-state index is 3.91. The minimum absolute atomic E-state index is 0. The number of hydrogen-bond acceptors (Lipinski definition) is 2. The Morgan fingerprint density at radius 2 is 1.57 bits per heavy atom. The van der Waals surface area contributed by atoms with Crippen LogP contribution < -0.4 is 4.98 Å². The monoisotopic (exact) mass is 450 g/mol. The fourth-order valence-electron chi connectivity index (χ4n) is 3.37. The van der Waals surface area contributed by atoms with Crippen LogP contribution in [-0.2, 0) is 26.2 Å². The third kappa shape index (κ3) is 6.01. The molecule has 0 bridgehead atoms. The van der Waals surface area contributed by atoms with E-state index in [9.17, 15) is 0 Å². The van der Waals surface area contributed by atoms with Gasteiger partial charge in [0.2, 0.25) is 0 Å². The van der Waals surface area contributed by atoms with Crippen LogP contribution in [0.5, 0.6) is 0 Å². The third-order valence-corrected chi connectivity index (χ3v) is 7.28. The zero-order chi connectivity index (χ0) is 15.1. The van der Waals surface area contributed by atoms with E-state index in [2.05, 4.69) is 88.2 Å². The van der Waals surface area contributed by atoms with Gasteiger partial charge in [-0.1, -0.05) is 43.4 Å². The second-order valence-electron chi connectivity index (χ2n) is 7.61. The van der Waals surface area contributed by atoms with Gasteiger partial charge in [-0.25, -0.2) is 0 Å². The van der Waals surface area contributed by atoms with Crippen molar-refractivity contribution in [2.24, 2.45) is 0 Å². The van der Waals surface area contributed by atoms with Crippen LogP contribution in [0.2, 0.25) is 13.1 Å². The topological polar surface area (TPSA) is 15.3 Å². The van der Waals surface area contributed by atoms with Crippen molar-refractivity contribution in [2.45, 2.75) is 44.9 Å². The van der Waals surface area contributed by atoms with E-state index in [1.54, 1.807) is 0 Å². The van der Waals surface area contributed by atoms with E-state index in [0.717, 1.165) is 0 Å². The average molecular weight is 453 g/mol. The van der Waals surface area contributed by atoms with Gasteiger partial charge in [0, 0.05) is 62.6 Å². The molecule has 1 aromatic rings. The molecule has 2 rings (SSSR count). The van der Waals surface area contributed by atoms with Crippen LogP contribution in [-0.4, -0.2) is 32.8 Å². The predicted octanol–water partition coefficient (Wildman–Crippen LogP) is 4.66. The first-order chi connectivity index (χ1) is 9.12. The van der Waals surface area contributed by atoms with Crippen LogP contribution in [0, 0.1) is 0 Å². The number of hydrogen-bond donors (Lipinski definition) is 1. The Labute approximate surface area is 174 Å². The summed E-state index contributed by atoms with van der Waals surface area (Å²) in [7, 11) is 2.67. The van der Waals surface area contributed by atoms with Crippen molar-refractivity contribution in [3.05, 3.63) is 41.5 Å². The molecular weight excluding hydrogens is 422 g/mol. The Hall–Kier alpha value is 0.400. The van der Waals surface area contributed by atoms with Gasteiger partial charge < -0.3 is 9.88 Å². The molecule has 130 valence electrons. The Morgan fingerprint density at radius 3 is 2.04 bits per heavy atom. The van der Waals surface area contributed by atoms with Gasteiger partial charge in [-0.15, -0.1) is 24.8 Å². The summed E-state index contributed by atoms with van der Waals surface area (Å²) >= 11 is 0. The molecule has 23 heavy (non-hydrogen) atoms. The van der Waals surface area contributed by atoms with Gasteiger partial charge in [0.1, 0.15) is 8.24 Å². The number of rotatable bonds is 3. The number of allylic oxidation sites excluding steroid dienone is 1. The van der Waals surface area contributed by atoms with E-state index >= 15 is 0 Å². The van der Waals surface area contributed by atoms with Crippen LogP contribution in [0.25, 0.3) is 5.70 Å². The molecule has 0 saturated heterocycles. The van der Waals surface area contributed by atoms with Crippen LogP contribution in [0.1, 0.15) is 37.4 Å². The van der Waals surface area contributed by atoms with E-state index in [0.29, 0.717) is 5.54 Å². The van der Waals surface area contributed by atoms with Crippen molar-refractivity contribution in [1.82, 2.24) is 9.88 Å². The summed E-state index contributed by atoms with van der Waals surface area (Å²) in [5, 5.41) is 0. The first kappa shape index (κ1) is 25.6. The Balaban J connectivity index is 0. The zero-order valence-electron chi connectivity index (χ0n) is 15.2. The average Bonchev–Trinajstić information content (AvgIpc) is 2.65. The fraction of sp³-hybridized carbons (Fsp3) is 0.529. The molecule has 0 radical (unpaired) electrons. The van der Waals surface area contributed by atoms with Gasteiger partial charge in [0.05, 0.1) is 0 Å². The minimum atomic E-state index is -1.60. The van der Waals surface area contributed by atoms with Gasteiger partial charge in [0.25, 0.3) is 0 Å². The molecule has 1 unspecified atom stereocenters. The standard InChI is InChI=1S/C17H28N2Si.2ClH.Zr/c1-17(2,3)18-20(6,7)16-12-15(19(4)5)13-10-8-9-11-14(13)16;;;/h8-12,16,18H,1-7H3;2*1H;. The van der Waals surface area contributed by atoms with Crippen molar-refractivity contribution in [2.75, 3.05) is 14.1 Å². The number of nitrogens with zero attached hydrogens (tertiary/aromatic N) is 1. The first-order valence-corrected chi connectivity index (χ1v) is 10.5. The van der Waals surface area contributed by atoms with E-state index in [1.807, 2.05) is 0 Å². The zero-order valence-corrected chi connectivity index (χ0v) is 20.3. The summed E-state index contributed by atoms with van der Waals surface area (Å²) in [4.78, 5) is 6.15. The van der Waals surface area contributed by atoms with Crippen molar-refractivity contribution in [3.8, 4) is 0 Å². The quantitative estimate of drug-likeness (QED) is 0.671. The summed E-state index contributed by atoms with van der Waals surface area (Å²) < 4.78 is 0. The molecule has 1 aromatic carbocycles. The number of fused-ring (bicyclic) bond motifs is 1. The summed E-state index contributed by atoms with van der Waals surface area (Å²) in [6, 6.07) is 8.86. The SMILES string of the molecule is CN(C)C1=CC([Si](C)(C)NC(C)(C)C)c2ccccc21.Cl.Cl.[Zr]. The van der Waals surface area contributed by atoms with Crippen LogP contribution in [0.4, 0.5) is 0 Å². The van der Waals surface area contributed by atoms with Gasteiger partial charge in [0.15, 0.2) is 0 Å². The molecule has 0 aliphatic heterocycles. The molecule has 0 amide bonds. The van der Waals surface area contributed by atoms with Gasteiger partial charge in [-0.3, -0.25) is 0 Å². The largest absolute Gasteiger partial charge is 0.377 e. The Bertz CT molecular complexity index is 540. The molecule has 1 atom stereocenters. The molecule has 0 aromatic heterocycles. The normalized spacial score (nSPS) is 16.3. The molecule has 2 nitrogen and oxygen atoms in total. The van der Waals surface area contributed by atoms with Gasteiger partial charge in [-0.05, 0) is 26.3 Å². The van der Waals surface area contributed by atoms with Crippen LogP contribution in [0.3, 0.4) is 0 Å². The second-order valence-corrected chi connectivity index (χ2v) is 11.9. The molecule has 1 aliphatic carbocycles. The van der Waals surface area contributed by atoms with E-state index in [-0.39, 0.29) is 56.6 Å². The Kier molecular flexibility index (Phi) is 10.3. The third-order valence-electron chi connectivity index (χ3n) is 3.85. The predicted molar refractivity (Wildman–Crippen MR) is 106 cm³/mol. The molecule has 0 saturated carbocycles. The maximum absolute atomic E-state index is 3.91. The molecule has 1 N–H and O–H groups in total. The van der Waals surface area contributed by atoms with Crippen LogP contribution >= 0.6 is 24.8 Å². The molecule has 1 aliphatic rings. The van der Waals surface area contributed by atoms with E-state index in [1.165, 1.54) is 16.8 Å². The van der Waals surface area contributed by atoms with Crippen molar-refractivity contribution >= 4 is 38.7 Å². The van der Waals surface area contributed by atoms with Crippen LogP contribution in [0.15, 0.2) is 30.3 Å². The summed E-state index contributed by atoms with van der Waals surface area (Å²) in [5.74, 6) is 0. The number of halogens is 2. The maximum Gasteiger partial charge on any atom is 0.131 e. The Morgan fingerprint density at radius 1 is 1.04 bits per heavy atom. The number of benzene rings is 1. The molecule has 6 heteroatoms. The molecule has 0 fully saturated rings. The van der Waals surface area contributed by atoms with Gasteiger partial charge >= 0.3 is 0 Å². The fourth-order valence-corrected chi connectivity index (χ4v) is 7.06. The van der Waals surface area contributed by atoms with Gasteiger partial charge in [-0.2, -0.15) is 0 Å². The number of nitrogens with one attached hydrogen (secondary N) is 1.